The van der Waals surface area contributed by atoms with Crippen LogP contribution < -0.4 is 5.32 Å². The first-order valence-corrected chi connectivity index (χ1v) is 7.37. The van der Waals surface area contributed by atoms with Crippen molar-refractivity contribution in [3.8, 4) is 0 Å². The van der Waals surface area contributed by atoms with E-state index in [1.54, 1.807) is 0 Å². The predicted molar refractivity (Wildman–Crippen MR) is 71.5 cm³/mol. The van der Waals surface area contributed by atoms with Crippen LogP contribution in [0.3, 0.4) is 0 Å². The Balaban J connectivity index is 1.96. The molecule has 0 radical (unpaired) electrons. The SMILES string of the molecule is CCCOCC(=O)N1CCNCC12CCCCC2. The van der Waals surface area contributed by atoms with Crippen LogP contribution in [-0.2, 0) is 9.53 Å². The second kappa shape index (κ2) is 6.53. The van der Waals surface area contributed by atoms with Crippen molar-refractivity contribution in [1.29, 1.82) is 0 Å². The molecule has 0 aromatic rings. The molecule has 2 aliphatic rings. The molecule has 0 aromatic carbocycles. The van der Waals surface area contributed by atoms with Crippen molar-refractivity contribution in [2.45, 2.75) is 51.0 Å². The maximum absolute atomic E-state index is 12.3. The number of carbonyl (C=O) groups excluding carboxylic acids is 1. The van der Waals surface area contributed by atoms with E-state index >= 15 is 0 Å². The molecule has 1 N–H and O–H groups in total. The molecule has 1 aliphatic heterocycles. The third-order valence-corrected chi connectivity index (χ3v) is 4.20. The number of amides is 1. The van der Waals surface area contributed by atoms with Crippen molar-refractivity contribution in [2.24, 2.45) is 0 Å². The summed E-state index contributed by atoms with van der Waals surface area (Å²) >= 11 is 0. The van der Waals surface area contributed by atoms with E-state index in [-0.39, 0.29) is 18.1 Å². The topological polar surface area (TPSA) is 41.6 Å². The molecule has 1 amide bonds. The van der Waals surface area contributed by atoms with E-state index in [9.17, 15) is 4.79 Å². The van der Waals surface area contributed by atoms with Gasteiger partial charge in [-0.15, -0.1) is 0 Å². The monoisotopic (exact) mass is 254 g/mol. The van der Waals surface area contributed by atoms with Crippen LogP contribution in [0.25, 0.3) is 0 Å². The number of piperazine rings is 1. The maximum Gasteiger partial charge on any atom is 0.249 e. The van der Waals surface area contributed by atoms with Gasteiger partial charge in [0.15, 0.2) is 0 Å². The average Bonchev–Trinajstić information content (AvgIpc) is 2.40. The number of ether oxygens (including phenoxy) is 1. The highest BCUT2D eigenvalue weighted by molar-refractivity contribution is 5.78. The van der Waals surface area contributed by atoms with Gasteiger partial charge in [0.25, 0.3) is 0 Å². The van der Waals surface area contributed by atoms with Crippen LogP contribution in [0, 0.1) is 0 Å². The fraction of sp³-hybridized carbons (Fsp3) is 0.929. The average molecular weight is 254 g/mol. The van der Waals surface area contributed by atoms with Gasteiger partial charge in [0.2, 0.25) is 5.91 Å². The lowest BCUT2D eigenvalue weighted by molar-refractivity contribution is -0.145. The molecule has 4 nitrogen and oxygen atoms in total. The molecular weight excluding hydrogens is 228 g/mol. The minimum Gasteiger partial charge on any atom is -0.372 e. The van der Waals surface area contributed by atoms with Crippen LogP contribution in [-0.4, -0.2) is 49.2 Å². The lowest BCUT2D eigenvalue weighted by atomic mass is 9.79. The lowest BCUT2D eigenvalue weighted by Gasteiger charge is -2.49. The van der Waals surface area contributed by atoms with E-state index in [1.165, 1.54) is 19.3 Å². The van der Waals surface area contributed by atoms with Gasteiger partial charge in [-0.3, -0.25) is 4.79 Å². The summed E-state index contributed by atoms with van der Waals surface area (Å²) in [6.07, 6.45) is 7.09. The molecule has 0 bridgehead atoms. The highest BCUT2D eigenvalue weighted by Crippen LogP contribution is 2.34. The molecule has 104 valence electrons. The summed E-state index contributed by atoms with van der Waals surface area (Å²) in [5, 5.41) is 3.46. The van der Waals surface area contributed by atoms with Gasteiger partial charge < -0.3 is 15.0 Å². The molecule has 18 heavy (non-hydrogen) atoms. The summed E-state index contributed by atoms with van der Waals surface area (Å²) in [7, 11) is 0. The summed E-state index contributed by atoms with van der Waals surface area (Å²) < 4.78 is 5.42. The Morgan fingerprint density at radius 1 is 1.33 bits per heavy atom. The van der Waals surface area contributed by atoms with E-state index < -0.39 is 0 Å². The molecule has 2 rings (SSSR count). The fourth-order valence-electron chi connectivity index (χ4n) is 3.27. The van der Waals surface area contributed by atoms with E-state index in [2.05, 4.69) is 17.1 Å². The number of nitrogens with zero attached hydrogens (tertiary/aromatic N) is 1. The zero-order chi connectivity index (χ0) is 12.8. The van der Waals surface area contributed by atoms with Gasteiger partial charge in [0, 0.05) is 26.2 Å². The Kier molecular flexibility index (Phi) is 5.01. The fourth-order valence-corrected chi connectivity index (χ4v) is 3.27. The molecule has 2 fully saturated rings. The number of rotatable bonds is 4. The summed E-state index contributed by atoms with van der Waals surface area (Å²) in [6, 6.07) is 0. The smallest absolute Gasteiger partial charge is 0.249 e. The Bertz CT molecular complexity index is 267. The van der Waals surface area contributed by atoms with Gasteiger partial charge in [0.05, 0.1) is 5.54 Å². The van der Waals surface area contributed by atoms with Crippen molar-refractivity contribution >= 4 is 5.91 Å². The second-order valence-corrected chi connectivity index (χ2v) is 5.56. The van der Waals surface area contributed by atoms with Crippen LogP contribution in [0.5, 0.6) is 0 Å². The molecule has 0 atom stereocenters. The van der Waals surface area contributed by atoms with Gasteiger partial charge in [0.1, 0.15) is 6.61 Å². The van der Waals surface area contributed by atoms with Crippen LogP contribution in [0.15, 0.2) is 0 Å². The molecule has 1 saturated carbocycles. The van der Waals surface area contributed by atoms with E-state index in [1.807, 2.05) is 0 Å². The maximum atomic E-state index is 12.3. The van der Waals surface area contributed by atoms with Crippen LogP contribution >= 0.6 is 0 Å². The Morgan fingerprint density at radius 2 is 2.11 bits per heavy atom. The predicted octanol–water partition coefficient (Wildman–Crippen LogP) is 1.55. The van der Waals surface area contributed by atoms with Gasteiger partial charge in [-0.2, -0.15) is 0 Å². The number of hydrogen-bond donors (Lipinski definition) is 1. The Morgan fingerprint density at radius 3 is 2.83 bits per heavy atom. The van der Waals surface area contributed by atoms with E-state index in [4.69, 9.17) is 4.74 Å². The van der Waals surface area contributed by atoms with Crippen molar-refractivity contribution in [3.63, 3.8) is 0 Å². The largest absolute Gasteiger partial charge is 0.372 e. The second-order valence-electron chi connectivity index (χ2n) is 5.56. The zero-order valence-electron chi connectivity index (χ0n) is 11.5. The first kappa shape index (κ1) is 13.8. The number of carbonyl (C=O) groups is 1. The molecule has 0 unspecified atom stereocenters. The first-order chi connectivity index (χ1) is 8.78. The van der Waals surface area contributed by atoms with Crippen LogP contribution in [0.2, 0.25) is 0 Å². The summed E-state index contributed by atoms with van der Waals surface area (Å²) in [6.45, 7) is 5.74. The third-order valence-electron chi connectivity index (χ3n) is 4.20. The Hall–Kier alpha value is -0.610. The van der Waals surface area contributed by atoms with Gasteiger partial charge in [-0.1, -0.05) is 26.2 Å². The van der Waals surface area contributed by atoms with Gasteiger partial charge >= 0.3 is 0 Å². The normalized spacial score (nSPS) is 23.3. The van der Waals surface area contributed by atoms with Crippen LogP contribution in [0.1, 0.15) is 45.4 Å². The van der Waals surface area contributed by atoms with Crippen molar-refractivity contribution < 1.29 is 9.53 Å². The molecular formula is C14H26N2O2. The van der Waals surface area contributed by atoms with Gasteiger partial charge in [-0.25, -0.2) is 0 Å². The summed E-state index contributed by atoms with van der Waals surface area (Å²) in [5.41, 5.74) is 0.0865. The van der Waals surface area contributed by atoms with E-state index in [0.717, 1.165) is 38.9 Å². The quantitative estimate of drug-likeness (QED) is 0.774. The molecule has 1 spiro atoms. The lowest BCUT2D eigenvalue weighted by Crippen LogP contribution is -2.64. The van der Waals surface area contributed by atoms with Crippen LogP contribution in [0.4, 0.5) is 0 Å². The Labute approximate surface area is 110 Å². The van der Waals surface area contributed by atoms with Crippen molar-refractivity contribution in [1.82, 2.24) is 10.2 Å². The summed E-state index contributed by atoms with van der Waals surface area (Å²) in [4.78, 5) is 14.4. The minimum absolute atomic E-state index is 0.0865. The highest BCUT2D eigenvalue weighted by atomic mass is 16.5. The molecule has 1 aliphatic carbocycles. The molecule has 0 aromatic heterocycles. The molecule has 1 saturated heterocycles. The standard InChI is InChI=1S/C14H26N2O2/c1-2-10-18-11-13(17)16-9-8-15-12-14(16)6-4-3-5-7-14/h15H,2-12H2,1H3. The van der Waals surface area contributed by atoms with Crippen molar-refractivity contribution in [2.75, 3.05) is 32.8 Å². The molecule has 4 heteroatoms. The van der Waals surface area contributed by atoms with Gasteiger partial charge in [-0.05, 0) is 19.3 Å². The number of hydrogen-bond acceptors (Lipinski definition) is 3. The van der Waals surface area contributed by atoms with Crippen molar-refractivity contribution in [3.05, 3.63) is 0 Å². The van der Waals surface area contributed by atoms with E-state index in [0.29, 0.717) is 6.61 Å². The third kappa shape index (κ3) is 3.04. The zero-order valence-corrected chi connectivity index (χ0v) is 11.5. The molecule has 1 heterocycles. The summed E-state index contributed by atoms with van der Waals surface area (Å²) in [5.74, 6) is 0.187. The number of nitrogens with one attached hydrogen (secondary N) is 1. The first-order valence-electron chi connectivity index (χ1n) is 7.37. The minimum atomic E-state index is 0.0865. The highest BCUT2D eigenvalue weighted by Gasteiger charge is 2.41.